The van der Waals surface area contributed by atoms with Crippen molar-refractivity contribution < 1.29 is 9.90 Å². The number of aliphatic carboxylic acids is 1. The first kappa shape index (κ1) is 13.9. The molecule has 0 spiro atoms. The molecule has 1 aromatic rings. The lowest BCUT2D eigenvalue weighted by molar-refractivity contribution is -0.136. The van der Waals surface area contributed by atoms with Gasteiger partial charge in [0.05, 0.1) is 0 Å². The number of aryl methyl sites for hydroxylation is 1. The summed E-state index contributed by atoms with van der Waals surface area (Å²) in [5, 5.41) is 12.3. The second-order valence-electron chi connectivity index (χ2n) is 5.57. The van der Waals surface area contributed by atoms with Crippen LogP contribution in [0.4, 0.5) is 5.69 Å². The van der Waals surface area contributed by atoms with Gasteiger partial charge in [-0.2, -0.15) is 0 Å². The summed E-state index contributed by atoms with van der Waals surface area (Å²) >= 11 is 0. The van der Waals surface area contributed by atoms with Crippen LogP contribution < -0.4 is 5.32 Å². The van der Waals surface area contributed by atoms with Gasteiger partial charge < -0.3 is 10.4 Å². The minimum atomic E-state index is -0.738. The fourth-order valence-electron chi connectivity index (χ4n) is 2.91. The fourth-order valence-corrected chi connectivity index (χ4v) is 2.91. The number of carbonyl (C=O) groups is 1. The highest BCUT2D eigenvalue weighted by Gasteiger charge is 2.21. The van der Waals surface area contributed by atoms with Crippen molar-refractivity contribution in [2.75, 3.05) is 5.32 Å². The molecule has 1 aliphatic rings. The average molecular weight is 261 g/mol. The quantitative estimate of drug-likeness (QED) is 0.821. The molecule has 0 heterocycles. The Balaban J connectivity index is 1.92. The fraction of sp³-hybridized carbons (Fsp3) is 0.562. The van der Waals surface area contributed by atoms with Crippen molar-refractivity contribution >= 4 is 11.7 Å². The van der Waals surface area contributed by atoms with Gasteiger partial charge >= 0.3 is 5.97 Å². The molecule has 1 aliphatic carbocycles. The van der Waals surface area contributed by atoms with Crippen LogP contribution in [0.3, 0.4) is 0 Å². The third-order valence-corrected chi connectivity index (χ3v) is 4.06. The Hall–Kier alpha value is -1.51. The van der Waals surface area contributed by atoms with E-state index in [2.05, 4.69) is 24.4 Å². The van der Waals surface area contributed by atoms with Crippen LogP contribution in [0.15, 0.2) is 24.3 Å². The van der Waals surface area contributed by atoms with E-state index < -0.39 is 5.97 Å². The Labute approximate surface area is 115 Å². The van der Waals surface area contributed by atoms with Crippen molar-refractivity contribution in [1.82, 2.24) is 0 Å². The molecule has 2 rings (SSSR count). The topological polar surface area (TPSA) is 49.3 Å². The summed E-state index contributed by atoms with van der Waals surface area (Å²) in [6, 6.07) is 8.64. The van der Waals surface area contributed by atoms with Crippen LogP contribution in [-0.4, -0.2) is 17.1 Å². The monoisotopic (exact) mass is 261 g/mol. The summed E-state index contributed by atoms with van der Waals surface area (Å²) in [4.78, 5) is 10.6. The Morgan fingerprint density at radius 1 is 1.42 bits per heavy atom. The number of carboxylic acid groups (broad SMARTS) is 1. The van der Waals surface area contributed by atoms with E-state index >= 15 is 0 Å². The van der Waals surface area contributed by atoms with E-state index in [1.165, 1.54) is 25.7 Å². The van der Waals surface area contributed by atoms with E-state index in [4.69, 9.17) is 5.11 Å². The lowest BCUT2D eigenvalue weighted by Crippen LogP contribution is -2.23. The predicted molar refractivity (Wildman–Crippen MR) is 77.4 cm³/mol. The minimum absolute atomic E-state index is 0.196. The van der Waals surface area contributed by atoms with Crippen LogP contribution in [0.2, 0.25) is 0 Å². The molecule has 1 saturated carbocycles. The van der Waals surface area contributed by atoms with Gasteiger partial charge in [-0.3, -0.25) is 4.79 Å². The Bertz CT molecular complexity index is 425. The summed E-state index contributed by atoms with van der Waals surface area (Å²) in [6.07, 6.45) is 6.16. The Morgan fingerprint density at radius 2 is 2.16 bits per heavy atom. The summed E-state index contributed by atoms with van der Waals surface area (Å²) in [5.41, 5.74) is 2.20. The largest absolute Gasteiger partial charge is 0.481 e. The molecule has 0 aliphatic heterocycles. The number of hydrogen-bond donors (Lipinski definition) is 2. The molecule has 19 heavy (non-hydrogen) atoms. The van der Waals surface area contributed by atoms with Crippen molar-refractivity contribution in [1.29, 1.82) is 0 Å². The van der Waals surface area contributed by atoms with Gasteiger partial charge in [-0.15, -0.1) is 0 Å². The highest BCUT2D eigenvalue weighted by Crippen LogP contribution is 2.29. The second-order valence-corrected chi connectivity index (χ2v) is 5.57. The number of nitrogens with one attached hydrogen (secondary N) is 1. The first-order valence-electron chi connectivity index (χ1n) is 7.22. The SMILES string of the molecule is CC(Nc1cccc(CCC(=O)O)c1)C1CCCC1. The molecule has 1 unspecified atom stereocenters. The van der Waals surface area contributed by atoms with Gasteiger partial charge in [0.2, 0.25) is 0 Å². The number of hydrogen-bond acceptors (Lipinski definition) is 2. The highest BCUT2D eigenvalue weighted by molar-refractivity contribution is 5.67. The van der Waals surface area contributed by atoms with Crippen LogP contribution in [0.1, 0.15) is 44.6 Å². The van der Waals surface area contributed by atoms with Gasteiger partial charge in [-0.25, -0.2) is 0 Å². The van der Waals surface area contributed by atoms with Crippen molar-refractivity contribution in [3.05, 3.63) is 29.8 Å². The van der Waals surface area contributed by atoms with Crippen molar-refractivity contribution in [2.24, 2.45) is 5.92 Å². The standard InChI is InChI=1S/C16H23NO2/c1-12(14-6-2-3-7-14)17-15-8-4-5-13(11-15)9-10-16(18)19/h4-5,8,11-12,14,17H,2-3,6-7,9-10H2,1H3,(H,18,19). The molecular formula is C16H23NO2. The third kappa shape index (κ3) is 4.27. The molecule has 0 saturated heterocycles. The van der Waals surface area contributed by atoms with E-state index in [0.717, 1.165) is 17.2 Å². The lowest BCUT2D eigenvalue weighted by Gasteiger charge is -2.21. The second kappa shape index (κ2) is 6.60. The molecule has 104 valence electrons. The summed E-state index contributed by atoms with van der Waals surface area (Å²) < 4.78 is 0. The van der Waals surface area contributed by atoms with Crippen LogP contribution in [0, 0.1) is 5.92 Å². The molecule has 0 radical (unpaired) electrons. The average Bonchev–Trinajstić information content (AvgIpc) is 2.91. The maximum Gasteiger partial charge on any atom is 0.303 e. The first-order valence-corrected chi connectivity index (χ1v) is 7.22. The van der Waals surface area contributed by atoms with Crippen molar-refractivity contribution in [2.45, 2.75) is 51.5 Å². The maximum atomic E-state index is 10.6. The van der Waals surface area contributed by atoms with Crippen LogP contribution in [0.5, 0.6) is 0 Å². The first-order chi connectivity index (χ1) is 9.15. The molecule has 3 heteroatoms. The van der Waals surface area contributed by atoms with Gasteiger partial charge in [-0.1, -0.05) is 25.0 Å². The van der Waals surface area contributed by atoms with Gasteiger partial charge in [0.1, 0.15) is 0 Å². The van der Waals surface area contributed by atoms with E-state index in [1.54, 1.807) is 0 Å². The normalized spacial score (nSPS) is 17.3. The van der Waals surface area contributed by atoms with E-state index in [9.17, 15) is 4.79 Å². The molecule has 1 atom stereocenters. The minimum Gasteiger partial charge on any atom is -0.481 e. The summed E-state index contributed by atoms with van der Waals surface area (Å²) in [5.74, 6) is 0.0420. The van der Waals surface area contributed by atoms with Crippen LogP contribution >= 0.6 is 0 Å². The Morgan fingerprint density at radius 3 is 2.84 bits per heavy atom. The maximum absolute atomic E-state index is 10.6. The van der Waals surface area contributed by atoms with Crippen LogP contribution in [0.25, 0.3) is 0 Å². The zero-order chi connectivity index (χ0) is 13.7. The van der Waals surface area contributed by atoms with E-state index in [0.29, 0.717) is 12.5 Å². The Kier molecular flexibility index (Phi) is 4.83. The van der Waals surface area contributed by atoms with Crippen LogP contribution in [-0.2, 0) is 11.2 Å². The molecule has 0 bridgehead atoms. The molecule has 1 fully saturated rings. The third-order valence-electron chi connectivity index (χ3n) is 4.06. The molecule has 1 aromatic carbocycles. The van der Waals surface area contributed by atoms with Gasteiger partial charge in [0.25, 0.3) is 0 Å². The molecule has 3 nitrogen and oxygen atoms in total. The zero-order valence-electron chi connectivity index (χ0n) is 11.6. The smallest absolute Gasteiger partial charge is 0.303 e. The molecule has 0 aromatic heterocycles. The van der Waals surface area contributed by atoms with Crippen molar-refractivity contribution in [3.8, 4) is 0 Å². The van der Waals surface area contributed by atoms with E-state index in [-0.39, 0.29) is 6.42 Å². The van der Waals surface area contributed by atoms with Gasteiger partial charge in [-0.05, 0) is 49.8 Å². The van der Waals surface area contributed by atoms with E-state index in [1.807, 2.05) is 12.1 Å². The molecule has 0 amide bonds. The number of rotatable bonds is 6. The lowest BCUT2D eigenvalue weighted by atomic mass is 9.99. The predicted octanol–water partition coefficient (Wildman–Crippen LogP) is 3.69. The highest BCUT2D eigenvalue weighted by atomic mass is 16.4. The summed E-state index contributed by atoms with van der Waals surface area (Å²) in [7, 11) is 0. The van der Waals surface area contributed by atoms with Crippen molar-refractivity contribution in [3.63, 3.8) is 0 Å². The zero-order valence-corrected chi connectivity index (χ0v) is 11.6. The number of benzene rings is 1. The van der Waals surface area contributed by atoms with Gasteiger partial charge in [0, 0.05) is 18.2 Å². The summed E-state index contributed by atoms with van der Waals surface area (Å²) in [6.45, 7) is 2.25. The number of carboxylic acids is 1. The van der Waals surface area contributed by atoms with Gasteiger partial charge in [0.15, 0.2) is 0 Å². The molecular weight excluding hydrogens is 238 g/mol. The molecule has 2 N–H and O–H groups in total. The number of anilines is 1.